The molecule has 0 fully saturated rings. The minimum absolute atomic E-state index is 0.252. The van der Waals surface area contributed by atoms with Crippen LogP contribution in [0.5, 0.6) is 0 Å². The van der Waals surface area contributed by atoms with Crippen LogP contribution in [0.3, 0.4) is 0 Å². The monoisotopic (exact) mass is 186 g/mol. The molecule has 13 heavy (non-hydrogen) atoms. The summed E-state index contributed by atoms with van der Waals surface area (Å²) >= 11 is 0. The van der Waals surface area contributed by atoms with Crippen LogP contribution in [0.25, 0.3) is 0 Å². The highest BCUT2D eigenvalue weighted by atomic mass is 19.2. The highest BCUT2D eigenvalue weighted by Crippen LogP contribution is 2.25. The molecule has 0 aromatic heterocycles. The van der Waals surface area contributed by atoms with Crippen molar-refractivity contribution in [3.8, 4) is 0 Å². The topological polar surface area (TPSA) is 37.3 Å². The lowest BCUT2D eigenvalue weighted by Gasteiger charge is -1.96. The van der Waals surface area contributed by atoms with Crippen molar-refractivity contribution in [1.29, 1.82) is 0 Å². The van der Waals surface area contributed by atoms with E-state index in [9.17, 15) is 13.6 Å². The fourth-order valence-corrected chi connectivity index (χ4v) is 1.00. The quantitative estimate of drug-likeness (QED) is 0.683. The van der Waals surface area contributed by atoms with E-state index in [0.29, 0.717) is 5.57 Å². The third-order valence-corrected chi connectivity index (χ3v) is 1.68. The van der Waals surface area contributed by atoms with E-state index in [2.05, 4.69) is 0 Å². The SMILES string of the molecule is CC1=CC(F)=C(F)C(C(=O)O)=CC1. The standard InChI is InChI=1S/C9H8F2O2/c1-5-2-3-6(9(12)13)8(11)7(10)4-5/h3-4H,2H2,1H3,(H,12,13). The molecule has 0 aromatic carbocycles. The van der Waals surface area contributed by atoms with E-state index in [4.69, 9.17) is 5.11 Å². The van der Waals surface area contributed by atoms with Gasteiger partial charge < -0.3 is 5.11 Å². The molecule has 0 heterocycles. The largest absolute Gasteiger partial charge is 0.478 e. The normalized spacial score (nSPS) is 17.8. The Hall–Kier alpha value is -1.45. The molecule has 1 rings (SSSR count). The molecule has 0 unspecified atom stereocenters. The Morgan fingerprint density at radius 3 is 2.69 bits per heavy atom. The van der Waals surface area contributed by atoms with Crippen molar-refractivity contribution in [1.82, 2.24) is 0 Å². The maximum Gasteiger partial charge on any atom is 0.338 e. The van der Waals surface area contributed by atoms with Crippen LogP contribution in [0, 0.1) is 0 Å². The van der Waals surface area contributed by atoms with Gasteiger partial charge in [0.1, 0.15) is 0 Å². The molecule has 0 aliphatic heterocycles. The van der Waals surface area contributed by atoms with Gasteiger partial charge in [0.05, 0.1) is 5.57 Å². The zero-order valence-electron chi connectivity index (χ0n) is 6.97. The predicted octanol–water partition coefficient (Wildman–Crippen LogP) is 2.50. The Balaban J connectivity index is 3.17. The van der Waals surface area contributed by atoms with E-state index in [1.807, 2.05) is 0 Å². The minimum atomic E-state index is -1.45. The number of carboxylic acids is 1. The van der Waals surface area contributed by atoms with Gasteiger partial charge >= 0.3 is 5.97 Å². The first-order chi connectivity index (χ1) is 6.02. The number of hydrogen-bond donors (Lipinski definition) is 1. The van der Waals surface area contributed by atoms with Crippen molar-refractivity contribution < 1.29 is 18.7 Å². The predicted molar refractivity (Wildman–Crippen MR) is 43.3 cm³/mol. The summed E-state index contributed by atoms with van der Waals surface area (Å²) in [6, 6.07) is 0. The van der Waals surface area contributed by atoms with E-state index in [0.717, 1.165) is 12.2 Å². The third-order valence-electron chi connectivity index (χ3n) is 1.68. The first-order valence-corrected chi connectivity index (χ1v) is 3.68. The van der Waals surface area contributed by atoms with Gasteiger partial charge in [-0.15, -0.1) is 0 Å². The Bertz CT molecular complexity index is 338. The average molecular weight is 186 g/mol. The fourth-order valence-electron chi connectivity index (χ4n) is 1.00. The smallest absolute Gasteiger partial charge is 0.338 e. The molecule has 1 aliphatic rings. The van der Waals surface area contributed by atoms with Gasteiger partial charge in [0.2, 0.25) is 0 Å². The summed E-state index contributed by atoms with van der Waals surface area (Å²) in [5, 5.41) is 8.51. The molecular weight excluding hydrogens is 178 g/mol. The van der Waals surface area contributed by atoms with Crippen molar-refractivity contribution in [2.24, 2.45) is 0 Å². The van der Waals surface area contributed by atoms with Crippen LogP contribution in [0.1, 0.15) is 13.3 Å². The van der Waals surface area contributed by atoms with Gasteiger partial charge in [-0.25, -0.2) is 13.6 Å². The third kappa shape index (κ3) is 2.02. The summed E-state index contributed by atoms with van der Waals surface area (Å²) in [5.41, 5.74) is -0.0190. The van der Waals surface area contributed by atoms with Crippen molar-refractivity contribution in [2.75, 3.05) is 0 Å². The lowest BCUT2D eigenvalue weighted by Crippen LogP contribution is -2.01. The molecule has 4 heteroatoms. The number of halogens is 2. The lowest BCUT2D eigenvalue weighted by atomic mass is 10.2. The maximum atomic E-state index is 12.9. The van der Waals surface area contributed by atoms with Crippen molar-refractivity contribution in [3.63, 3.8) is 0 Å². The van der Waals surface area contributed by atoms with Gasteiger partial charge in [-0.1, -0.05) is 11.6 Å². The molecule has 0 spiro atoms. The van der Waals surface area contributed by atoms with Gasteiger partial charge in [-0.05, 0) is 19.4 Å². The highest BCUT2D eigenvalue weighted by molar-refractivity contribution is 5.91. The van der Waals surface area contributed by atoms with Crippen LogP contribution in [-0.4, -0.2) is 11.1 Å². The number of hydrogen-bond acceptors (Lipinski definition) is 1. The zero-order chi connectivity index (χ0) is 10.0. The van der Waals surface area contributed by atoms with E-state index in [-0.39, 0.29) is 6.42 Å². The van der Waals surface area contributed by atoms with Crippen LogP contribution >= 0.6 is 0 Å². The Morgan fingerprint density at radius 2 is 2.15 bits per heavy atom. The van der Waals surface area contributed by atoms with Crippen LogP contribution in [0.2, 0.25) is 0 Å². The molecule has 0 atom stereocenters. The van der Waals surface area contributed by atoms with Gasteiger partial charge in [0.25, 0.3) is 0 Å². The van der Waals surface area contributed by atoms with Crippen LogP contribution in [0.4, 0.5) is 8.78 Å². The first kappa shape index (κ1) is 9.64. The second-order valence-corrected chi connectivity index (χ2v) is 2.78. The summed E-state index contributed by atoms with van der Waals surface area (Å²) in [7, 11) is 0. The van der Waals surface area contributed by atoms with E-state index in [1.165, 1.54) is 0 Å². The second-order valence-electron chi connectivity index (χ2n) is 2.78. The minimum Gasteiger partial charge on any atom is -0.478 e. The maximum absolute atomic E-state index is 12.9. The molecule has 0 aromatic rings. The molecule has 0 saturated heterocycles. The van der Waals surface area contributed by atoms with Gasteiger partial charge in [-0.2, -0.15) is 0 Å². The van der Waals surface area contributed by atoms with E-state index >= 15 is 0 Å². The molecular formula is C9H8F2O2. The Labute approximate surface area is 73.9 Å². The fraction of sp³-hybridized carbons (Fsp3) is 0.222. The molecule has 70 valence electrons. The Kier molecular flexibility index (Phi) is 2.60. The number of carbonyl (C=O) groups is 1. The van der Waals surface area contributed by atoms with Crippen LogP contribution < -0.4 is 0 Å². The first-order valence-electron chi connectivity index (χ1n) is 3.68. The summed E-state index contributed by atoms with van der Waals surface area (Å²) < 4.78 is 25.8. The molecule has 1 aliphatic carbocycles. The zero-order valence-corrected chi connectivity index (χ0v) is 6.97. The van der Waals surface area contributed by atoms with Crippen LogP contribution in [0.15, 0.2) is 35.0 Å². The molecule has 0 bridgehead atoms. The average Bonchev–Trinajstić information content (AvgIpc) is 2.13. The lowest BCUT2D eigenvalue weighted by molar-refractivity contribution is -0.132. The van der Waals surface area contributed by atoms with E-state index < -0.39 is 23.2 Å². The summed E-state index contributed by atoms with van der Waals surface area (Å²) in [6.45, 7) is 1.61. The molecule has 2 nitrogen and oxygen atoms in total. The molecule has 1 N–H and O–H groups in total. The number of allylic oxidation sites excluding steroid dienone is 4. The Morgan fingerprint density at radius 1 is 1.54 bits per heavy atom. The number of carboxylic acid groups (broad SMARTS) is 1. The molecule has 0 saturated carbocycles. The van der Waals surface area contributed by atoms with Crippen molar-refractivity contribution in [2.45, 2.75) is 13.3 Å². The highest BCUT2D eigenvalue weighted by Gasteiger charge is 2.19. The van der Waals surface area contributed by atoms with Gasteiger partial charge in [0.15, 0.2) is 11.7 Å². The summed E-state index contributed by atoms with van der Waals surface area (Å²) in [5.74, 6) is -3.87. The van der Waals surface area contributed by atoms with Crippen LogP contribution in [-0.2, 0) is 4.79 Å². The molecule has 0 radical (unpaired) electrons. The van der Waals surface area contributed by atoms with Gasteiger partial charge in [-0.3, -0.25) is 0 Å². The number of rotatable bonds is 1. The second kappa shape index (κ2) is 3.51. The number of aliphatic carboxylic acids is 1. The summed E-state index contributed by atoms with van der Waals surface area (Å²) in [4.78, 5) is 10.4. The summed E-state index contributed by atoms with van der Waals surface area (Å²) in [6.07, 6.45) is 2.42. The van der Waals surface area contributed by atoms with Crippen molar-refractivity contribution >= 4 is 5.97 Å². The van der Waals surface area contributed by atoms with E-state index in [1.54, 1.807) is 6.92 Å². The van der Waals surface area contributed by atoms with Gasteiger partial charge in [0, 0.05) is 0 Å². The van der Waals surface area contributed by atoms with Crippen molar-refractivity contribution in [3.05, 3.63) is 35.0 Å². The molecule has 0 amide bonds.